The maximum atomic E-state index is 13.3. The lowest BCUT2D eigenvalue weighted by Crippen LogP contribution is -2.47. The molecule has 0 heterocycles. The molecule has 0 saturated carbocycles. The lowest BCUT2D eigenvalue weighted by molar-refractivity contribution is 0.154. The van der Waals surface area contributed by atoms with Crippen molar-refractivity contribution in [2.24, 2.45) is 0 Å². The van der Waals surface area contributed by atoms with Gasteiger partial charge < -0.3 is 15.3 Å². The van der Waals surface area contributed by atoms with Gasteiger partial charge in [0.25, 0.3) is 0 Å². The van der Waals surface area contributed by atoms with Crippen LogP contribution in [0.25, 0.3) is 0 Å². The SMILES string of the molecule is CCN(CC)CCNC1(CO)CCc2cc(F)ccc21. The molecule has 2 rings (SSSR count). The number of hydrogen-bond acceptors (Lipinski definition) is 3. The minimum absolute atomic E-state index is 0.0594. The Labute approximate surface area is 120 Å². The van der Waals surface area contributed by atoms with Crippen LogP contribution in [0.5, 0.6) is 0 Å². The van der Waals surface area contributed by atoms with Crippen molar-refractivity contribution in [2.45, 2.75) is 32.2 Å². The van der Waals surface area contributed by atoms with Gasteiger partial charge in [-0.05, 0) is 49.2 Å². The Bertz CT molecular complexity index is 448. The lowest BCUT2D eigenvalue weighted by Gasteiger charge is -2.31. The Morgan fingerprint density at radius 3 is 2.75 bits per heavy atom. The number of benzene rings is 1. The number of nitrogens with one attached hydrogen (secondary N) is 1. The van der Waals surface area contributed by atoms with Gasteiger partial charge >= 0.3 is 0 Å². The fourth-order valence-electron chi connectivity index (χ4n) is 3.12. The van der Waals surface area contributed by atoms with Crippen molar-refractivity contribution in [3.63, 3.8) is 0 Å². The van der Waals surface area contributed by atoms with Gasteiger partial charge in [-0.2, -0.15) is 0 Å². The van der Waals surface area contributed by atoms with Crippen molar-refractivity contribution >= 4 is 0 Å². The van der Waals surface area contributed by atoms with E-state index in [2.05, 4.69) is 24.1 Å². The van der Waals surface area contributed by atoms with Crippen LogP contribution in [0.1, 0.15) is 31.4 Å². The summed E-state index contributed by atoms with van der Waals surface area (Å²) in [5, 5.41) is 13.3. The number of halogens is 1. The first-order valence-corrected chi connectivity index (χ1v) is 7.52. The molecule has 0 amide bonds. The normalized spacial score (nSPS) is 21.4. The number of nitrogens with zero attached hydrogens (tertiary/aromatic N) is 1. The van der Waals surface area contributed by atoms with E-state index in [1.54, 1.807) is 6.07 Å². The standard InChI is InChI=1S/C16H25FN2O/c1-3-19(4-2)10-9-18-16(12-20)8-7-13-11-14(17)5-6-15(13)16/h5-6,11,18,20H,3-4,7-10,12H2,1-2H3. The first-order chi connectivity index (χ1) is 9.65. The molecular weight excluding hydrogens is 255 g/mol. The van der Waals surface area contributed by atoms with Gasteiger partial charge in [0, 0.05) is 13.1 Å². The van der Waals surface area contributed by atoms with E-state index in [0.717, 1.165) is 50.1 Å². The van der Waals surface area contributed by atoms with Gasteiger partial charge in [0.05, 0.1) is 12.1 Å². The second-order valence-corrected chi connectivity index (χ2v) is 5.50. The zero-order chi connectivity index (χ0) is 14.6. The summed E-state index contributed by atoms with van der Waals surface area (Å²) in [5.41, 5.74) is 1.69. The van der Waals surface area contributed by atoms with Crippen molar-refractivity contribution in [2.75, 3.05) is 32.8 Å². The largest absolute Gasteiger partial charge is 0.394 e. The van der Waals surface area contributed by atoms with E-state index >= 15 is 0 Å². The molecule has 2 N–H and O–H groups in total. The summed E-state index contributed by atoms with van der Waals surface area (Å²) in [4.78, 5) is 2.35. The van der Waals surface area contributed by atoms with Gasteiger partial charge in [-0.1, -0.05) is 19.9 Å². The summed E-state index contributed by atoms with van der Waals surface area (Å²) in [6.45, 7) is 8.23. The average molecular weight is 280 g/mol. The molecule has 20 heavy (non-hydrogen) atoms. The van der Waals surface area contributed by atoms with E-state index in [9.17, 15) is 9.50 Å². The number of rotatable bonds is 7. The summed E-state index contributed by atoms with van der Waals surface area (Å²) < 4.78 is 13.3. The van der Waals surface area contributed by atoms with Crippen molar-refractivity contribution < 1.29 is 9.50 Å². The topological polar surface area (TPSA) is 35.5 Å². The third-order valence-corrected chi connectivity index (χ3v) is 4.46. The first-order valence-electron chi connectivity index (χ1n) is 7.52. The lowest BCUT2D eigenvalue weighted by atomic mass is 9.92. The van der Waals surface area contributed by atoms with E-state index in [-0.39, 0.29) is 12.4 Å². The molecule has 1 aromatic rings. The van der Waals surface area contributed by atoms with Crippen molar-refractivity contribution in [3.05, 3.63) is 35.1 Å². The first kappa shape index (κ1) is 15.4. The highest BCUT2D eigenvalue weighted by Gasteiger charge is 2.37. The highest BCUT2D eigenvalue weighted by molar-refractivity contribution is 5.39. The van der Waals surface area contributed by atoms with Crippen LogP contribution in [0.4, 0.5) is 4.39 Å². The van der Waals surface area contributed by atoms with Crippen LogP contribution in [-0.2, 0) is 12.0 Å². The highest BCUT2D eigenvalue weighted by atomic mass is 19.1. The molecule has 4 heteroatoms. The maximum Gasteiger partial charge on any atom is 0.123 e. The van der Waals surface area contributed by atoms with Crippen LogP contribution < -0.4 is 5.32 Å². The zero-order valence-corrected chi connectivity index (χ0v) is 12.5. The van der Waals surface area contributed by atoms with Crippen LogP contribution in [0.2, 0.25) is 0 Å². The molecule has 0 bridgehead atoms. The molecule has 0 radical (unpaired) electrons. The Morgan fingerprint density at radius 1 is 1.35 bits per heavy atom. The molecule has 0 aromatic heterocycles. The number of hydrogen-bond donors (Lipinski definition) is 2. The van der Waals surface area contributed by atoms with Gasteiger partial charge in [-0.15, -0.1) is 0 Å². The molecule has 1 aromatic carbocycles. The van der Waals surface area contributed by atoms with Crippen LogP contribution in [0.15, 0.2) is 18.2 Å². The van der Waals surface area contributed by atoms with Crippen LogP contribution in [-0.4, -0.2) is 42.8 Å². The number of aliphatic hydroxyl groups excluding tert-OH is 1. The average Bonchev–Trinajstić information content (AvgIpc) is 2.82. The molecule has 0 fully saturated rings. The van der Waals surface area contributed by atoms with E-state index in [1.807, 2.05) is 6.07 Å². The Morgan fingerprint density at radius 2 is 2.10 bits per heavy atom. The van der Waals surface area contributed by atoms with Crippen LogP contribution >= 0.6 is 0 Å². The molecule has 0 aliphatic heterocycles. The molecule has 1 atom stereocenters. The Balaban J connectivity index is 2.05. The zero-order valence-electron chi connectivity index (χ0n) is 12.5. The minimum Gasteiger partial charge on any atom is -0.394 e. The summed E-state index contributed by atoms with van der Waals surface area (Å²) >= 11 is 0. The van der Waals surface area contributed by atoms with Gasteiger partial charge in [-0.25, -0.2) is 4.39 Å². The van der Waals surface area contributed by atoms with Gasteiger partial charge in [0.15, 0.2) is 0 Å². The van der Waals surface area contributed by atoms with Gasteiger partial charge in [0.1, 0.15) is 5.82 Å². The van der Waals surface area contributed by atoms with E-state index in [1.165, 1.54) is 6.07 Å². The highest BCUT2D eigenvalue weighted by Crippen LogP contribution is 2.36. The van der Waals surface area contributed by atoms with Crippen molar-refractivity contribution in [1.82, 2.24) is 10.2 Å². The quantitative estimate of drug-likeness (QED) is 0.800. The van der Waals surface area contributed by atoms with E-state index in [0.29, 0.717) is 0 Å². The molecular formula is C16H25FN2O. The van der Waals surface area contributed by atoms with Crippen LogP contribution in [0, 0.1) is 5.82 Å². The molecule has 3 nitrogen and oxygen atoms in total. The summed E-state index contributed by atoms with van der Waals surface area (Å²) in [6.07, 6.45) is 1.66. The fraction of sp³-hybridized carbons (Fsp3) is 0.625. The predicted octanol–water partition coefficient (Wildman–Crippen LogP) is 1.89. The van der Waals surface area contributed by atoms with E-state index in [4.69, 9.17) is 0 Å². The van der Waals surface area contributed by atoms with Crippen molar-refractivity contribution in [1.29, 1.82) is 0 Å². The van der Waals surface area contributed by atoms with Crippen LogP contribution in [0.3, 0.4) is 0 Å². The number of aliphatic hydroxyl groups is 1. The third kappa shape index (κ3) is 3.03. The Hall–Kier alpha value is -0.970. The smallest absolute Gasteiger partial charge is 0.123 e. The molecule has 1 aliphatic carbocycles. The molecule has 1 unspecified atom stereocenters. The minimum atomic E-state index is -0.393. The molecule has 0 spiro atoms. The number of aryl methyl sites for hydroxylation is 1. The fourth-order valence-corrected chi connectivity index (χ4v) is 3.12. The number of fused-ring (bicyclic) bond motifs is 1. The summed E-state index contributed by atoms with van der Waals surface area (Å²) in [5.74, 6) is -0.194. The summed E-state index contributed by atoms with van der Waals surface area (Å²) in [6, 6.07) is 4.90. The van der Waals surface area contributed by atoms with Gasteiger partial charge in [-0.3, -0.25) is 0 Å². The Kier molecular flexibility index (Phi) is 5.13. The molecule has 1 aliphatic rings. The third-order valence-electron chi connectivity index (χ3n) is 4.46. The summed E-state index contributed by atoms with van der Waals surface area (Å²) in [7, 11) is 0. The second-order valence-electron chi connectivity index (χ2n) is 5.50. The second kappa shape index (κ2) is 6.66. The maximum absolute atomic E-state index is 13.3. The predicted molar refractivity (Wildman–Crippen MR) is 79.3 cm³/mol. The van der Waals surface area contributed by atoms with E-state index < -0.39 is 5.54 Å². The van der Waals surface area contributed by atoms with Gasteiger partial charge in [0.2, 0.25) is 0 Å². The molecule has 112 valence electrons. The number of likely N-dealkylation sites (N-methyl/N-ethyl adjacent to an activating group) is 1. The molecule has 0 saturated heterocycles. The van der Waals surface area contributed by atoms with Crippen molar-refractivity contribution in [3.8, 4) is 0 Å². The monoisotopic (exact) mass is 280 g/mol.